The van der Waals surface area contributed by atoms with Gasteiger partial charge in [0.05, 0.1) is 10.8 Å². The molecule has 2 amide bonds. The van der Waals surface area contributed by atoms with E-state index in [1.807, 2.05) is 0 Å². The van der Waals surface area contributed by atoms with Crippen LogP contribution in [0.4, 0.5) is 0 Å². The Morgan fingerprint density at radius 3 is 2.58 bits per heavy atom. The Hall–Kier alpha value is -1.93. The molecule has 1 atom stereocenters. The minimum absolute atomic E-state index is 0.0222. The van der Waals surface area contributed by atoms with Crippen molar-refractivity contribution < 1.29 is 18.0 Å². The average Bonchev–Trinajstić information content (AvgIpc) is 3.45. The lowest BCUT2D eigenvalue weighted by Crippen LogP contribution is -2.45. The highest BCUT2D eigenvalue weighted by atomic mass is 32.2. The summed E-state index contributed by atoms with van der Waals surface area (Å²) in [7, 11) is -0.684. The van der Waals surface area contributed by atoms with Gasteiger partial charge in [0.15, 0.2) is 0 Å². The van der Waals surface area contributed by atoms with Crippen LogP contribution in [0, 0.1) is 5.92 Å². The molecule has 1 saturated heterocycles. The maximum Gasteiger partial charge on any atom is 0.253 e. The van der Waals surface area contributed by atoms with Gasteiger partial charge in [0.1, 0.15) is 0 Å². The molecule has 142 valence electrons. The van der Waals surface area contributed by atoms with Crippen molar-refractivity contribution in [3.63, 3.8) is 0 Å². The van der Waals surface area contributed by atoms with Gasteiger partial charge in [-0.05, 0) is 43.9 Å². The van der Waals surface area contributed by atoms with Crippen LogP contribution in [-0.4, -0.2) is 62.7 Å². The van der Waals surface area contributed by atoms with Crippen LogP contribution in [-0.2, 0) is 14.8 Å². The van der Waals surface area contributed by atoms with E-state index in [0.29, 0.717) is 24.7 Å². The summed E-state index contributed by atoms with van der Waals surface area (Å²) in [6.07, 6.45) is 3.62. The third-order valence-electron chi connectivity index (χ3n) is 4.86. The monoisotopic (exact) mass is 379 g/mol. The zero-order chi connectivity index (χ0) is 18.9. The SMILES string of the molecule is CN(C)S(=O)(=O)c1cccc(C(=O)N2CCCC(C(=O)NC3CC3)C2)c1. The lowest BCUT2D eigenvalue weighted by atomic mass is 9.96. The summed E-state index contributed by atoms with van der Waals surface area (Å²) in [6, 6.07) is 6.39. The van der Waals surface area contributed by atoms with Crippen molar-refractivity contribution in [1.82, 2.24) is 14.5 Å². The molecular weight excluding hydrogens is 354 g/mol. The summed E-state index contributed by atoms with van der Waals surface area (Å²) < 4.78 is 25.7. The van der Waals surface area contributed by atoms with Gasteiger partial charge in [0, 0.05) is 38.8 Å². The molecule has 1 aromatic carbocycles. The van der Waals surface area contributed by atoms with Gasteiger partial charge in [-0.1, -0.05) is 6.07 Å². The number of hydrogen-bond donors (Lipinski definition) is 1. The van der Waals surface area contributed by atoms with Crippen molar-refractivity contribution in [3.05, 3.63) is 29.8 Å². The Morgan fingerprint density at radius 1 is 1.19 bits per heavy atom. The zero-order valence-corrected chi connectivity index (χ0v) is 16.0. The number of piperidine rings is 1. The first-order valence-electron chi connectivity index (χ1n) is 8.91. The smallest absolute Gasteiger partial charge is 0.253 e. The normalized spacial score (nSPS) is 20.9. The summed E-state index contributed by atoms with van der Waals surface area (Å²) in [5.74, 6) is -0.402. The quantitative estimate of drug-likeness (QED) is 0.829. The highest BCUT2D eigenvalue weighted by Gasteiger charge is 2.32. The maximum absolute atomic E-state index is 12.8. The first-order valence-corrected chi connectivity index (χ1v) is 10.4. The van der Waals surface area contributed by atoms with Crippen molar-refractivity contribution in [2.24, 2.45) is 5.92 Å². The first kappa shape index (κ1) is 18.8. The van der Waals surface area contributed by atoms with E-state index >= 15 is 0 Å². The van der Waals surface area contributed by atoms with Gasteiger partial charge in [-0.3, -0.25) is 9.59 Å². The number of likely N-dealkylation sites (tertiary alicyclic amines) is 1. The van der Waals surface area contributed by atoms with Crippen LogP contribution in [0.3, 0.4) is 0 Å². The molecule has 1 aliphatic heterocycles. The fourth-order valence-corrected chi connectivity index (χ4v) is 4.05. The molecule has 0 bridgehead atoms. The molecule has 0 aromatic heterocycles. The van der Waals surface area contributed by atoms with Crippen molar-refractivity contribution in [1.29, 1.82) is 0 Å². The molecule has 1 saturated carbocycles. The lowest BCUT2D eigenvalue weighted by Gasteiger charge is -2.32. The van der Waals surface area contributed by atoms with E-state index in [1.54, 1.807) is 17.0 Å². The molecular formula is C18H25N3O4S. The van der Waals surface area contributed by atoms with E-state index < -0.39 is 10.0 Å². The number of amides is 2. The highest BCUT2D eigenvalue weighted by Crippen LogP contribution is 2.23. The number of sulfonamides is 1. The molecule has 2 fully saturated rings. The molecule has 1 N–H and O–H groups in total. The van der Waals surface area contributed by atoms with E-state index in [9.17, 15) is 18.0 Å². The predicted octanol–water partition coefficient (Wildman–Crippen LogP) is 1.07. The second kappa shape index (κ2) is 7.36. The summed E-state index contributed by atoms with van der Waals surface area (Å²) in [5, 5.41) is 3.00. The fourth-order valence-electron chi connectivity index (χ4n) is 3.11. The number of carbonyl (C=O) groups excluding carboxylic acids is 2. The fraction of sp³-hybridized carbons (Fsp3) is 0.556. The Bertz CT molecular complexity index is 802. The maximum atomic E-state index is 12.8. The van der Waals surface area contributed by atoms with Gasteiger partial charge in [0.25, 0.3) is 5.91 Å². The summed E-state index contributed by atoms with van der Waals surface area (Å²) >= 11 is 0. The standard InChI is InChI=1S/C18H25N3O4S/c1-20(2)26(24,25)16-7-3-5-13(11-16)18(23)21-10-4-6-14(12-21)17(22)19-15-8-9-15/h3,5,7,11,14-15H,4,6,8-10,12H2,1-2H3,(H,19,22). The topological polar surface area (TPSA) is 86.8 Å². The molecule has 0 spiro atoms. The van der Waals surface area contributed by atoms with Crippen molar-refractivity contribution in [2.45, 2.75) is 36.6 Å². The van der Waals surface area contributed by atoms with Crippen LogP contribution in [0.25, 0.3) is 0 Å². The highest BCUT2D eigenvalue weighted by molar-refractivity contribution is 7.89. The van der Waals surface area contributed by atoms with E-state index in [0.717, 1.165) is 30.0 Å². The minimum Gasteiger partial charge on any atom is -0.353 e. The van der Waals surface area contributed by atoms with Crippen LogP contribution < -0.4 is 5.32 Å². The number of carbonyl (C=O) groups is 2. The number of hydrogen-bond acceptors (Lipinski definition) is 4. The van der Waals surface area contributed by atoms with Crippen LogP contribution in [0.5, 0.6) is 0 Å². The van der Waals surface area contributed by atoms with Gasteiger partial charge in [0.2, 0.25) is 15.9 Å². The molecule has 8 heteroatoms. The Labute approximate surface area is 154 Å². The van der Waals surface area contributed by atoms with Gasteiger partial charge in [-0.2, -0.15) is 0 Å². The van der Waals surface area contributed by atoms with E-state index in [2.05, 4.69) is 5.32 Å². The van der Waals surface area contributed by atoms with E-state index in [-0.39, 0.29) is 22.6 Å². The Kier molecular flexibility index (Phi) is 5.34. The molecule has 26 heavy (non-hydrogen) atoms. The van der Waals surface area contributed by atoms with Crippen molar-refractivity contribution in [2.75, 3.05) is 27.2 Å². The van der Waals surface area contributed by atoms with Crippen molar-refractivity contribution in [3.8, 4) is 0 Å². The number of nitrogens with one attached hydrogen (secondary N) is 1. The van der Waals surface area contributed by atoms with Gasteiger partial charge < -0.3 is 10.2 Å². The molecule has 1 unspecified atom stereocenters. The Balaban J connectivity index is 1.73. The molecule has 0 radical (unpaired) electrons. The average molecular weight is 379 g/mol. The summed E-state index contributed by atoms with van der Waals surface area (Å²) in [4.78, 5) is 26.9. The van der Waals surface area contributed by atoms with Crippen LogP contribution >= 0.6 is 0 Å². The second-order valence-electron chi connectivity index (χ2n) is 7.19. The summed E-state index contributed by atoms with van der Waals surface area (Å²) in [6.45, 7) is 0.957. The van der Waals surface area contributed by atoms with E-state index in [1.165, 1.54) is 26.2 Å². The summed E-state index contributed by atoms with van der Waals surface area (Å²) in [5.41, 5.74) is 0.330. The molecule has 2 aliphatic rings. The van der Waals surface area contributed by atoms with Gasteiger partial charge in [-0.25, -0.2) is 12.7 Å². The molecule has 1 aromatic rings. The number of benzene rings is 1. The number of nitrogens with zero attached hydrogens (tertiary/aromatic N) is 2. The Morgan fingerprint density at radius 2 is 1.92 bits per heavy atom. The zero-order valence-electron chi connectivity index (χ0n) is 15.1. The number of rotatable bonds is 5. The van der Waals surface area contributed by atoms with Gasteiger partial charge in [-0.15, -0.1) is 0 Å². The van der Waals surface area contributed by atoms with Crippen LogP contribution in [0.1, 0.15) is 36.0 Å². The third-order valence-corrected chi connectivity index (χ3v) is 6.67. The first-order chi connectivity index (χ1) is 12.3. The lowest BCUT2D eigenvalue weighted by molar-refractivity contribution is -0.126. The molecule has 1 aliphatic carbocycles. The predicted molar refractivity (Wildman–Crippen MR) is 97.1 cm³/mol. The molecule has 7 nitrogen and oxygen atoms in total. The van der Waals surface area contributed by atoms with Crippen LogP contribution in [0.15, 0.2) is 29.2 Å². The van der Waals surface area contributed by atoms with Crippen LogP contribution in [0.2, 0.25) is 0 Å². The third kappa shape index (κ3) is 4.07. The van der Waals surface area contributed by atoms with E-state index in [4.69, 9.17) is 0 Å². The van der Waals surface area contributed by atoms with Gasteiger partial charge >= 0.3 is 0 Å². The molecule has 1 heterocycles. The minimum atomic E-state index is -3.60. The largest absolute Gasteiger partial charge is 0.353 e. The second-order valence-corrected chi connectivity index (χ2v) is 9.34. The molecule has 3 rings (SSSR count). The van der Waals surface area contributed by atoms with Crippen molar-refractivity contribution >= 4 is 21.8 Å².